The lowest BCUT2D eigenvalue weighted by Crippen LogP contribution is -2.34. The third-order valence-corrected chi connectivity index (χ3v) is 5.92. The van der Waals surface area contributed by atoms with Gasteiger partial charge >= 0.3 is 0 Å². The fraction of sp³-hybridized carbons (Fsp3) is 0.286. The summed E-state index contributed by atoms with van der Waals surface area (Å²) in [6.07, 6.45) is 2.48. The van der Waals surface area contributed by atoms with Crippen molar-refractivity contribution in [3.63, 3.8) is 0 Å². The maximum atomic E-state index is 4.81. The van der Waals surface area contributed by atoms with E-state index in [-0.39, 0.29) is 0 Å². The van der Waals surface area contributed by atoms with Crippen molar-refractivity contribution in [3.05, 3.63) is 72.3 Å². The lowest BCUT2D eigenvalue weighted by Gasteiger charge is -2.31. The van der Waals surface area contributed by atoms with E-state index in [2.05, 4.69) is 71.6 Å². The van der Waals surface area contributed by atoms with Crippen molar-refractivity contribution in [3.8, 4) is 0 Å². The van der Waals surface area contributed by atoms with Gasteiger partial charge in [-0.05, 0) is 43.6 Å². The van der Waals surface area contributed by atoms with Crippen LogP contribution in [0, 0.1) is 0 Å². The van der Waals surface area contributed by atoms with Crippen LogP contribution in [-0.2, 0) is 6.54 Å². The molecule has 1 aromatic heterocycles. The number of likely N-dealkylation sites (tertiary alicyclic amines) is 1. The Morgan fingerprint density at radius 3 is 2.46 bits per heavy atom. The second-order valence-electron chi connectivity index (χ2n) is 6.42. The first-order chi connectivity index (χ1) is 11.9. The van der Waals surface area contributed by atoms with Gasteiger partial charge in [0, 0.05) is 17.2 Å². The maximum absolute atomic E-state index is 4.81. The molecule has 4 rings (SSSR count). The Balaban J connectivity index is 1.34. The quantitative estimate of drug-likeness (QED) is 0.668. The first-order valence-corrected chi connectivity index (χ1v) is 9.53. The standard InChI is InChI=1S/C21H22N2S/c1-2-6-17(7-3-1)16-23-14-12-19(13-15-23)24-21-11-10-18-8-4-5-9-20(18)22-21/h1-11,19H,12-16H2. The van der Waals surface area contributed by atoms with E-state index in [4.69, 9.17) is 4.98 Å². The molecule has 1 fully saturated rings. The van der Waals surface area contributed by atoms with Gasteiger partial charge in [-0.2, -0.15) is 0 Å². The Hall–Kier alpha value is -1.84. The highest BCUT2D eigenvalue weighted by atomic mass is 32.2. The third kappa shape index (κ3) is 3.80. The molecular weight excluding hydrogens is 312 g/mol. The average Bonchev–Trinajstić information content (AvgIpc) is 2.64. The van der Waals surface area contributed by atoms with Gasteiger partial charge in [0.15, 0.2) is 0 Å². The largest absolute Gasteiger partial charge is 0.299 e. The zero-order chi connectivity index (χ0) is 16.2. The summed E-state index contributed by atoms with van der Waals surface area (Å²) >= 11 is 1.95. The first kappa shape index (κ1) is 15.7. The number of benzene rings is 2. The first-order valence-electron chi connectivity index (χ1n) is 8.65. The van der Waals surface area contributed by atoms with Crippen LogP contribution in [0.15, 0.2) is 71.8 Å². The number of rotatable bonds is 4. The lowest BCUT2D eigenvalue weighted by atomic mass is 10.1. The SMILES string of the molecule is c1ccc(CN2CCC(Sc3ccc4ccccc4n3)CC2)cc1. The van der Waals surface area contributed by atoms with Crippen LogP contribution in [0.4, 0.5) is 0 Å². The van der Waals surface area contributed by atoms with E-state index >= 15 is 0 Å². The zero-order valence-corrected chi connectivity index (χ0v) is 14.6. The second kappa shape index (κ2) is 7.37. The van der Waals surface area contributed by atoms with Crippen molar-refractivity contribution in [2.75, 3.05) is 13.1 Å². The normalized spacial score (nSPS) is 16.5. The van der Waals surface area contributed by atoms with Gasteiger partial charge in [0.25, 0.3) is 0 Å². The summed E-state index contributed by atoms with van der Waals surface area (Å²) in [5.41, 5.74) is 2.52. The van der Waals surface area contributed by atoms with E-state index < -0.39 is 0 Å². The summed E-state index contributed by atoms with van der Waals surface area (Å²) < 4.78 is 0. The molecule has 0 radical (unpaired) electrons. The van der Waals surface area contributed by atoms with Crippen LogP contribution in [0.2, 0.25) is 0 Å². The van der Waals surface area contributed by atoms with Crippen LogP contribution in [0.25, 0.3) is 10.9 Å². The number of piperidine rings is 1. The van der Waals surface area contributed by atoms with E-state index in [0.717, 1.165) is 17.1 Å². The molecule has 0 unspecified atom stereocenters. The molecule has 0 bridgehead atoms. The van der Waals surface area contributed by atoms with Crippen molar-refractivity contribution in [2.24, 2.45) is 0 Å². The molecule has 0 spiro atoms. The molecule has 0 amide bonds. The third-order valence-electron chi connectivity index (χ3n) is 4.64. The Kier molecular flexibility index (Phi) is 4.81. The Bertz CT molecular complexity index is 795. The zero-order valence-electron chi connectivity index (χ0n) is 13.8. The minimum absolute atomic E-state index is 0.686. The second-order valence-corrected chi connectivity index (χ2v) is 7.74. The molecular formula is C21H22N2S. The molecule has 0 atom stereocenters. The molecule has 0 N–H and O–H groups in total. The molecule has 24 heavy (non-hydrogen) atoms. The Labute approximate surface area is 147 Å². The number of para-hydroxylation sites is 1. The predicted molar refractivity (Wildman–Crippen MR) is 102 cm³/mol. The summed E-state index contributed by atoms with van der Waals surface area (Å²) in [4.78, 5) is 7.38. The van der Waals surface area contributed by atoms with Gasteiger partial charge in [-0.15, -0.1) is 11.8 Å². The van der Waals surface area contributed by atoms with E-state index in [9.17, 15) is 0 Å². The lowest BCUT2D eigenvalue weighted by molar-refractivity contribution is 0.225. The molecule has 2 nitrogen and oxygen atoms in total. The van der Waals surface area contributed by atoms with Crippen molar-refractivity contribution in [1.82, 2.24) is 9.88 Å². The van der Waals surface area contributed by atoms with Gasteiger partial charge in [0.05, 0.1) is 10.5 Å². The average molecular weight is 334 g/mol. The highest BCUT2D eigenvalue weighted by Gasteiger charge is 2.20. The molecule has 3 aromatic rings. The number of hydrogen-bond acceptors (Lipinski definition) is 3. The maximum Gasteiger partial charge on any atom is 0.0970 e. The van der Waals surface area contributed by atoms with Crippen LogP contribution >= 0.6 is 11.8 Å². The number of aromatic nitrogens is 1. The molecule has 0 saturated carbocycles. The van der Waals surface area contributed by atoms with Crippen LogP contribution in [-0.4, -0.2) is 28.2 Å². The van der Waals surface area contributed by atoms with Crippen molar-refractivity contribution in [1.29, 1.82) is 0 Å². The van der Waals surface area contributed by atoms with Gasteiger partial charge in [0.1, 0.15) is 0 Å². The van der Waals surface area contributed by atoms with Crippen LogP contribution < -0.4 is 0 Å². The fourth-order valence-corrected chi connectivity index (χ4v) is 4.40. The summed E-state index contributed by atoms with van der Waals surface area (Å²) in [6, 6.07) is 23.5. The van der Waals surface area contributed by atoms with E-state index in [1.807, 2.05) is 11.8 Å². The van der Waals surface area contributed by atoms with Crippen molar-refractivity contribution in [2.45, 2.75) is 29.7 Å². The summed E-state index contributed by atoms with van der Waals surface area (Å²) in [7, 11) is 0. The number of fused-ring (bicyclic) bond motifs is 1. The molecule has 2 heterocycles. The monoisotopic (exact) mass is 334 g/mol. The number of pyridine rings is 1. The summed E-state index contributed by atoms with van der Waals surface area (Å²) in [5, 5.41) is 3.07. The van der Waals surface area contributed by atoms with Gasteiger partial charge in [0.2, 0.25) is 0 Å². The van der Waals surface area contributed by atoms with E-state index in [1.54, 1.807) is 0 Å². The fourth-order valence-electron chi connectivity index (χ4n) is 3.31. The number of nitrogens with zero attached hydrogens (tertiary/aromatic N) is 2. The number of hydrogen-bond donors (Lipinski definition) is 0. The minimum atomic E-state index is 0.686. The molecule has 0 aliphatic carbocycles. The number of thioether (sulfide) groups is 1. The highest BCUT2D eigenvalue weighted by molar-refractivity contribution is 7.99. The highest BCUT2D eigenvalue weighted by Crippen LogP contribution is 2.30. The van der Waals surface area contributed by atoms with Crippen molar-refractivity contribution >= 4 is 22.7 Å². The van der Waals surface area contributed by atoms with E-state index in [0.29, 0.717) is 5.25 Å². The summed E-state index contributed by atoms with van der Waals surface area (Å²) in [6.45, 7) is 3.44. The van der Waals surface area contributed by atoms with Gasteiger partial charge in [-0.25, -0.2) is 4.98 Å². The van der Waals surface area contributed by atoms with Gasteiger partial charge in [-0.3, -0.25) is 4.90 Å². The van der Waals surface area contributed by atoms with E-state index in [1.165, 1.54) is 36.9 Å². The molecule has 1 saturated heterocycles. The topological polar surface area (TPSA) is 16.1 Å². The smallest absolute Gasteiger partial charge is 0.0970 e. The molecule has 1 aliphatic heterocycles. The van der Waals surface area contributed by atoms with Crippen LogP contribution in [0.1, 0.15) is 18.4 Å². The molecule has 122 valence electrons. The Morgan fingerprint density at radius 1 is 0.875 bits per heavy atom. The molecule has 2 aromatic carbocycles. The van der Waals surface area contributed by atoms with Gasteiger partial charge in [-0.1, -0.05) is 54.6 Å². The van der Waals surface area contributed by atoms with Crippen LogP contribution in [0.3, 0.4) is 0 Å². The Morgan fingerprint density at radius 2 is 1.62 bits per heavy atom. The molecule has 3 heteroatoms. The van der Waals surface area contributed by atoms with Gasteiger partial charge < -0.3 is 0 Å². The molecule has 1 aliphatic rings. The van der Waals surface area contributed by atoms with Crippen LogP contribution in [0.5, 0.6) is 0 Å². The van der Waals surface area contributed by atoms with Crippen molar-refractivity contribution < 1.29 is 0 Å². The summed E-state index contributed by atoms with van der Waals surface area (Å²) in [5.74, 6) is 0. The predicted octanol–water partition coefficient (Wildman–Crippen LogP) is 4.99. The minimum Gasteiger partial charge on any atom is -0.299 e.